The lowest BCUT2D eigenvalue weighted by Crippen LogP contribution is -2.47. The highest BCUT2D eigenvalue weighted by Gasteiger charge is 2.24. The van der Waals surface area contributed by atoms with Crippen molar-refractivity contribution in [3.63, 3.8) is 0 Å². The predicted octanol–water partition coefficient (Wildman–Crippen LogP) is 1.65. The average molecular weight is 314 g/mol. The molecule has 0 bridgehead atoms. The zero-order valence-electron chi connectivity index (χ0n) is 12.0. The minimum Gasteiger partial charge on any atom is -0.481 e. The van der Waals surface area contributed by atoms with Crippen LogP contribution in [0.15, 0.2) is 6.07 Å². The second kappa shape index (κ2) is 7.07. The number of carboxylic acid groups (broad SMARTS) is 2. The van der Waals surface area contributed by atoms with Gasteiger partial charge in [0, 0.05) is 9.75 Å². The van der Waals surface area contributed by atoms with Crippen LogP contribution in [0.2, 0.25) is 0 Å². The summed E-state index contributed by atoms with van der Waals surface area (Å²) in [6.45, 7) is 5.68. The van der Waals surface area contributed by atoms with Crippen LogP contribution in [0.25, 0.3) is 0 Å². The molecule has 2 atom stereocenters. The molecule has 1 unspecified atom stereocenters. The number of rotatable bonds is 6. The maximum atomic E-state index is 11.8. The van der Waals surface area contributed by atoms with Gasteiger partial charge >= 0.3 is 18.0 Å². The average Bonchev–Trinajstić information content (AvgIpc) is 2.66. The van der Waals surface area contributed by atoms with E-state index in [9.17, 15) is 14.4 Å². The van der Waals surface area contributed by atoms with Crippen LogP contribution in [0.5, 0.6) is 0 Å². The lowest BCUT2D eigenvalue weighted by molar-refractivity contribution is -0.145. The first-order valence-corrected chi connectivity index (χ1v) is 7.11. The lowest BCUT2D eigenvalue weighted by Gasteiger charge is -2.17. The standard InChI is InChI=1S/C13H18N2O5S/c1-6-4-9(8(3)21-6)7(2)14-13(20)15-10(12(18)19)5-11(16)17/h4,7,10H,5H2,1-3H3,(H,16,17)(H,18,19)(H2,14,15,20)/t7?,10-/m1/s1. The molecule has 1 aromatic heterocycles. The molecule has 4 N–H and O–H groups in total. The Hall–Kier alpha value is -2.09. The molecule has 1 rings (SSSR count). The van der Waals surface area contributed by atoms with Crippen LogP contribution in [0.3, 0.4) is 0 Å². The highest BCUT2D eigenvalue weighted by molar-refractivity contribution is 7.12. The van der Waals surface area contributed by atoms with Gasteiger partial charge in [-0.2, -0.15) is 0 Å². The fourth-order valence-corrected chi connectivity index (χ4v) is 2.95. The monoisotopic (exact) mass is 314 g/mol. The molecule has 21 heavy (non-hydrogen) atoms. The first-order chi connectivity index (χ1) is 9.70. The molecule has 0 aromatic carbocycles. The van der Waals surface area contributed by atoms with Crippen LogP contribution in [-0.2, 0) is 9.59 Å². The van der Waals surface area contributed by atoms with Crippen molar-refractivity contribution in [2.45, 2.75) is 39.3 Å². The predicted molar refractivity (Wildman–Crippen MR) is 77.6 cm³/mol. The van der Waals surface area contributed by atoms with Gasteiger partial charge in [0.1, 0.15) is 6.04 Å². The van der Waals surface area contributed by atoms with E-state index in [0.717, 1.165) is 15.3 Å². The molecule has 0 spiro atoms. The number of thiophene rings is 1. The normalized spacial score (nSPS) is 13.3. The van der Waals surface area contributed by atoms with Gasteiger partial charge in [-0.25, -0.2) is 9.59 Å². The van der Waals surface area contributed by atoms with Crippen LogP contribution < -0.4 is 10.6 Å². The lowest BCUT2D eigenvalue weighted by atomic mass is 10.1. The molecule has 0 radical (unpaired) electrons. The van der Waals surface area contributed by atoms with Crippen molar-refractivity contribution < 1.29 is 24.6 Å². The summed E-state index contributed by atoms with van der Waals surface area (Å²) in [5.74, 6) is -2.68. The maximum absolute atomic E-state index is 11.8. The van der Waals surface area contributed by atoms with E-state index in [4.69, 9.17) is 10.2 Å². The molecule has 2 amide bonds. The molecular weight excluding hydrogens is 296 g/mol. The maximum Gasteiger partial charge on any atom is 0.326 e. The topological polar surface area (TPSA) is 116 Å². The van der Waals surface area contributed by atoms with Gasteiger partial charge in [0.05, 0.1) is 12.5 Å². The molecule has 116 valence electrons. The summed E-state index contributed by atoms with van der Waals surface area (Å²) in [4.78, 5) is 35.4. The van der Waals surface area contributed by atoms with E-state index >= 15 is 0 Å². The fraction of sp³-hybridized carbons (Fsp3) is 0.462. The summed E-state index contributed by atoms with van der Waals surface area (Å²) in [5, 5.41) is 22.2. The van der Waals surface area contributed by atoms with Gasteiger partial charge in [-0.15, -0.1) is 11.3 Å². The Bertz CT molecular complexity index is 555. The zero-order chi connectivity index (χ0) is 16.2. The highest BCUT2D eigenvalue weighted by atomic mass is 32.1. The molecule has 8 heteroatoms. The second-order valence-corrected chi connectivity index (χ2v) is 6.16. The van der Waals surface area contributed by atoms with Crippen LogP contribution in [0.1, 0.15) is 34.7 Å². The van der Waals surface area contributed by atoms with Gasteiger partial charge in [-0.1, -0.05) is 0 Å². The van der Waals surface area contributed by atoms with E-state index in [2.05, 4.69) is 10.6 Å². The van der Waals surface area contributed by atoms with E-state index < -0.39 is 30.4 Å². The number of carboxylic acids is 2. The first-order valence-electron chi connectivity index (χ1n) is 6.29. The molecule has 1 aromatic rings. The Labute approximate surface area is 126 Å². The minimum absolute atomic E-state index is 0.297. The van der Waals surface area contributed by atoms with Gasteiger partial charge in [-0.3, -0.25) is 4.79 Å². The van der Waals surface area contributed by atoms with Crippen LogP contribution in [0, 0.1) is 13.8 Å². The van der Waals surface area contributed by atoms with Gasteiger partial charge in [0.2, 0.25) is 0 Å². The van der Waals surface area contributed by atoms with Crippen molar-refractivity contribution in [2.75, 3.05) is 0 Å². The Morgan fingerprint density at radius 3 is 2.29 bits per heavy atom. The van der Waals surface area contributed by atoms with E-state index in [0.29, 0.717) is 0 Å². The number of carbonyl (C=O) groups is 3. The van der Waals surface area contributed by atoms with Gasteiger partial charge in [-0.05, 0) is 32.4 Å². The first kappa shape index (κ1) is 17.0. The summed E-state index contributed by atoms with van der Waals surface area (Å²) >= 11 is 1.61. The minimum atomic E-state index is -1.46. The molecule has 0 saturated carbocycles. The Kier molecular flexibility index (Phi) is 5.71. The SMILES string of the molecule is Cc1cc(C(C)NC(=O)N[C@H](CC(=O)O)C(=O)O)c(C)s1. The van der Waals surface area contributed by atoms with Crippen molar-refractivity contribution >= 4 is 29.3 Å². The number of urea groups is 1. The molecule has 0 aliphatic heterocycles. The molecular formula is C13H18N2O5S. The van der Waals surface area contributed by atoms with Crippen LogP contribution >= 0.6 is 11.3 Å². The number of hydrogen-bond acceptors (Lipinski definition) is 4. The van der Waals surface area contributed by atoms with Crippen molar-refractivity contribution in [1.82, 2.24) is 10.6 Å². The van der Waals surface area contributed by atoms with Gasteiger partial charge in [0.15, 0.2) is 0 Å². The summed E-state index contributed by atoms with van der Waals surface area (Å²) in [5.41, 5.74) is 0.956. The quantitative estimate of drug-likeness (QED) is 0.637. The van der Waals surface area contributed by atoms with E-state index in [1.165, 1.54) is 0 Å². The highest BCUT2D eigenvalue weighted by Crippen LogP contribution is 2.25. The molecule has 7 nitrogen and oxygen atoms in total. The Morgan fingerprint density at radius 1 is 1.24 bits per heavy atom. The number of aryl methyl sites for hydroxylation is 2. The van der Waals surface area contributed by atoms with E-state index in [1.54, 1.807) is 18.3 Å². The smallest absolute Gasteiger partial charge is 0.326 e. The van der Waals surface area contributed by atoms with Crippen molar-refractivity contribution in [3.05, 3.63) is 21.4 Å². The third kappa shape index (κ3) is 5.07. The molecule has 0 fully saturated rings. The summed E-state index contributed by atoms with van der Waals surface area (Å²) in [6, 6.07) is -0.509. The number of hydrogen-bond donors (Lipinski definition) is 4. The molecule has 0 aliphatic carbocycles. The number of carbonyl (C=O) groups excluding carboxylic acids is 1. The largest absolute Gasteiger partial charge is 0.481 e. The van der Waals surface area contributed by atoms with Gasteiger partial charge < -0.3 is 20.8 Å². The van der Waals surface area contributed by atoms with E-state index in [-0.39, 0.29) is 6.04 Å². The third-order valence-electron chi connectivity index (χ3n) is 2.88. The van der Waals surface area contributed by atoms with Gasteiger partial charge in [0.25, 0.3) is 0 Å². The Balaban J connectivity index is 2.65. The number of nitrogens with one attached hydrogen (secondary N) is 2. The summed E-state index contributed by atoms with van der Waals surface area (Å²) in [7, 11) is 0. The zero-order valence-corrected chi connectivity index (χ0v) is 12.8. The fourth-order valence-electron chi connectivity index (χ4n) is 1.93. The van der Waals surface area contributed by atoms with Crippen LogP contribution in [-0.4, -0.2) is 34.2 Å². The summed E-state index contributed by atoms with van der Waals surface area (Å²) < 4.78 is 0. The van der Waals surface area contributed by atoms with Crippen molar-refractivity contribution in [1.29, 1.82) is 0 Å². The third-order valence-corrected chi connectivity index (χ3v) is 3.86. The molecule has 0 aliphatic rings. The van der Waals surface area contributed by atoms with E-state index in [1.807, 2.05) is 19.9 Å². The second-order valence-electron chi connectivity index (χ2n) is 4.70. The number of amides is 2. The Morgan fingerprint density at radius 2 is 1.86 bits per heavy atom. The van der Waals surface area contributed by atoms with Crippen LogP contribution in [0.4, 0.5) is 4.79 Å². The summed E-state index contributed by atoms with van der Waals surface area (Å²) in [6.07, 6.45) is -0.673. The molecule has 0 saturated heterocycles. The van der Waals surface area contributed by atoms with Crippen molar-refractivity contribution in [2.24, 2.45) is 0 Å². The number of aliphatic carboxylic acids is 2. The van der Waals surface area contributed by atoms with Crippen molar-refractivity contribution in [3.8, 4) is 0 Å². The molecule has 1 heterocycles.